The van der Waals surface area contributed by atoms with Crippen LogP contribution >= 0.6 is 11.3 Å². The highest BCUT2D eigenvalue weighted by molar-refractivity contribution is 7.11. The minimum Gasteiger partial charge on any atom is -0.396 e. The van der Waals surface area contributed by atoms with Gasteiger partial charge >= 0.3 is 0 Å². The number of aromatic nitrogens is 1. The summed E-state index contributed by atoms with van der Waals surface area (Å²) in [5.41, 5.74) is 6.48. The third-order valence-corrected chi connectivity index (χ3v) is 3.28. The van der Waals surface area contributed by atoms with Gasteiger partial charge in [-0.3, -0.25) is 0 Å². The second-order valence-electron chi connectivity index (χ2n) is 3.81. The maximum atomic E-state index is 13.2. The zero-order valence-corrected chi connectivity index (χ0v) is 10.4. The molecule has 0 bridgehead atoms. The first kappa shape index (κ1) is 12.0. The van der Waals surface area contributed by atoms with E-state index in [4.69, 9.17) is 5.73 Å². The summed E-state index contributed by atoms with van der Waals surface area (Å²) in [6, 6.07) is 4.87. The quantitative estimate of drug-likeness (QED) is 0.821. The fraction of sp³-hybridized carbons (Fsp3) is 0.250. The topological polar surface area (TPSA) is 50.9 Å². The zero-order chi connectivity index (χ0) is 12.3. The molecule has 0 saturated heterocycles. The van der Waals surface area contributed by atoms with E-state index < -0.39 is 0 Å². The van der Waals surface area contributed by atoms with Gasteiger partial charge in [-0.15, -0.1) is 11.3 Å². The molecule has 2 rings (SSSR count). The maximum absolute atomic E-state index is 13.2. The van der Waals surface area contributed by atoms with Crippen LogP contribution in [0.5, 0.6) is 0 Å². The molecule has 0 spiro atoms. The Morgan fingerprint density at radius 1 is 1.41 bits per heavy atom. The lowest BCUT2D eigenvalue weighted by Crippen LogP contribution is -2.12. The number of halogens is 1. The molecule has 0 aliphatic rings. The number of hydrogen-bond acceptors (Lipinski definition) is 4. The average Bonchev–Trinajstić information content (AvgIpc) is 2.70. The van der Waals surface area contributed by atoms with Gasteiger partial charge in [-0.25, -0.2) is 9.37 Å². The molecule has 0 unspecified atom stereocenters. The van der Waals surface area contributed by atoms with Crippen LogP contribution in [0.15, 0.2) is 24.4 Å². The van der Waals surface area contributed by atoms with Crippen LogP contribution in [-0.2, 0) is 13.1 Å². The number of nitrogens with two attached hydrogens (primary N) is 1. The highest BCUT2D eigenvalue weighted by Crippen LogP contribution is 2.13. The van der Waals surface area contributed by atoms with Crippen LogP contribution in [0.2, 0.25) is 0 Å². The van der Waals surface area contributed by atoms with Crippen LogP contribution in [0, 0.1) is 12.7 Å². The standard InChI is InChI=1S/C12H14FN3S/c1-8-16-7-10(17-8)6-15-5-9-2-3-12(14)11(13)4-9/h2-4,7,15H,5-6,14H2,1H3. The van der Waals surface area contributed by atoms with Gasteiger partial charge in [-0.2, -0.15) is 0 Å². The van der Waals surface area contributed by atoms with Gasteiger partial charge in [0.2, 0.25) is 0 Å². The molecule has 0 amide bonds. The van der Waals surface area contributed by atoms with Gasteiger partial charge in [-0.05, 0) is 24.6 Å². The van der Waals surface area contributed by atoms with Crippen molar-refractivity contribution in [3.05, 3.63) is 45.7 Å². The van der Waals surface area contributed by atoms with Crippen LogP contribution < -0.4 is 11.1 Å². The van der Waals surface area contributed by atoms with Gasteiger partial charge < -0.3 is 11.1 Å². The Morgan fingerprint density at radius 3 is 2.88 bits per heavy atom. The van der Waals surface area contributed by atoms with E-state index in [0.29, 0.717) is 6.54 Å². The van der Waals surface area contributed by atoms with Crippen LogP contribution in [-0.4, -0.2) is 4.98 Å². The molecule has 0 atom stereocenters. The summed E-state index contributed by atoms with van der Waals surface area (Å²) in [4.78, 5) is 5.35. The summed E-state index contributed by atoms with van der Waals surface area (Å²) in [7, 11) is 0. The lowest BCUT2D eigenvalue weighted by Gasteiger charge is -2.04. The molecule has 0 aliphatic carbocycles. The molecule has 2 aromatic rings. The molecule has 5 heteroatoms. The van der Waals surface area contributed by atoms with Crippen molar-refractivity contribution in [1.29, 1.82) is 0 Å². The van der Waals surface area contributed by atoms with Gasteiger partial charge in [0, 0.05) is 24.2 Å². The van der Waals surface area contributed by atoms with Crippen molar-refractivity contribution < 1.29 is 4.39 Å². The van der Waals surface area contributed by atoms with Gasteiger partial charge in [-0.1, -0.05) is 6.07 Å². The number of hydrogen-bond donors (Lipinski definition) is 2. The predicted octanol–water partition coefficient (Wildman–Crippen LogP) is 2.46. The number of aryl methyl sites for hydroxylation is 1. The third-order valence-electron chi connectivity index (χ3n) is 2.36. The predicted molar refractivity (Wildman–Crippen MR) is 68.2 cm³/mol. The van der Waals surface area contributed by atoms with Crippen LogP contribution in [0.25, 0.3) is 0 Å². The molecule has 1 aromatic heterocycles. The van der Waals surface area contributed by atoms with E-state index in [2.05, 4.69) is 10.3 Å². The first-order valence-electron chi connectivity index (χ1n) is 5.31. The SMILES string of the molecule is Cc1ncc(CNCc2ccc(N)c(F)c2)s1. The highest BCUT2D eigenvalue weighted by atomic mass is 32.1. The van der Waals surface area contributed by atoms with E-state index in [9.17, 15) is 4.39 Å². The minimum absolute atomic E-state index is 0.187. The summed E-state index contributed by atoms with van der Waals surface area (Å²) in [5, 5.41) is 4.30. The Hall–Kier alpha value is -1.46. The first-order valence-corrected chi connectivity index (χ1v) is 6.13. The van der Waals surface area contributed by atoms with Crippen molar-refractivity contribution >= 4 is 17.0 Å². The van der Waals surface area contributed by atoms with Crippen molar-refractivity contribution in [3.63, 3.8) is 0 Å². The molecule has 3 N–H and O–H groups in total. The Morgan fingerprint density at radius 2 is 2.24 bits per heavy atom. The van der Waals surface area contributed by atoms with Crippen molar-refractivity contribution in [1.82, 2.24) is 10.3 Å². The van der Waals surface area contributed by atoms with Gasteiger partial charge in [0.25, 0.3) is 0 Å². The molecule has 90 valence electrons. The summed E-state index contributed by atoms with van der Waals surface area (Å²) in [5.74, 6) is -0.363. The van der Waals surface area contributed by atoms with Crippen molar-refractivity contribution in [3.8, 4) is 0 Å². The fourth-order valence-electron chi connectivity index (χ4n) is 1.50. The van der Waals surface area contributed by atoms with E-state index in [1.165, 1.54) is 10.9 Å². The van der Waals surface area contributed by atoms with Crippen LogP contribution in [0.1, 0.15) is 15.4 Å². The number of rotatable bonds is 4. The number of nitrogen functional groups attached to an aromatic ring is 1. The largest absolute Gasteiger partial charge is 0.396 e. The van der Waals surface area contributed by atoms with E-state index in [1.807, 2.05) is 19.2 Å². The van der Waals surface area contributed by atoms with Crippen molar-refractivity contribution in [2.24, 2.45) is 0 Å². The van der Waals surface area contributed by atoms with Crippen LogP contribution in [0.3, 0.4) is 0 Å². The van der Waals surface area contributed by atoms with E-state index >= 15 is 0 Å². The maximum Gasteiger partial charge on any atom is 0.146 e. The molecule has 0 radical (unpaired) electrons. The Bertz CT molecular complexity index is 510. The lowest BCUT2D eigenvalue weighted by molar-refractivity contribution is 0.625. The summed E-state index contributed by atoms with van der Waals surface area (Å²) in [6.45, 7) is 3.34. The monoisotopic (exact) mass is 251 g/mol. The zero-order valence-electron chi connectivity index (χ0n) is 9.53. The average molecular weight is 251 g/mol. The summed E-state index contributed by atoms with van der Waals surface area (Å²) < 4.78 is 13.2. The second kappa shape index (κ2) is 5.25. The van der Waals surface area contributed by atoms with E-state index in [-0.39, 0.29) is 11.5 Å². The minimum atomic E-state index is -0.363. The Balaban J connectivity index is 1.87. The molecular weight excluding hydrogens is 237 g/mol. The van der Waals surface area contributed by atoms with Crippen LogP contribution in [0.4, 0.5) is 10.1 Å². The molecule has 0 aliphatic heterocycles. The van der Waals surface area contributed by atoms with Gasteiger partial charge in [0.15, 0.2) is 0 Å². The molecule has 0 fully saturated rings. The smallest absolute Gasteiger partial charge is 0.146 e. The number of nitrogens with zero attached hydrogens (tertiary/aromatic N) is 1. The molecule has 1 aromatic carbocycles. The number of nitrogens with one attached hydrogen (secondary N) is 1. The molecule has 17 heavy (non-hydrogen) atoms. The molecule has 1 heterocycles. The van der Waals surface area contributed by atoms with Gasteiger partial charge in [0.05, 0.1) is 10.7 Å². The number of benzene rings is 1. The highest BCUT2D eigenvalue weighted by Gasteiger charge is 2.01. The second-order valence-corrected chi connectivity index (χ2v) is 5.12. The third kappa shape index (κ3) is 3.25. The van der Waals surface area contributed by atoms with Gasteiger partial charge in [0.1, 0.15) is 5.82 Å². The normalized spacial score (nSPS) is 10.7. The Kier molecular flexibility index (Phi) is 3.71. The summed E-state index contributed by atoms with van der Waals surface area (Å²) >= 11 is 1.66. The number of anilines is 1. The van der Waals surface area contributed by atoms with Crippen molar-refractivity contribution in [2.45, 2.75) is 20.0 Å². The molecular formula is C12H14FN3S. The lowest BCUT2D eigenvalue weighted by atomic mass is 10.2. The molecule has 3 nitrogen and oxygen atoms in total. The Labute approximate surface area is 103 Å². The van der Waals surface area contributed by atoms with E-state index in [1.54, 1.807) is 17.4 Å². The van der Waals surface area contributed by atoms with E-state index in [0.717, 1.165) is 17.1 Å². The fourth-order valence-corrected chi connectivity index (χ4v) is 2.26. The first-order chi connectivity index (χ1) is 8.15. The summed E-state index contributed by atoms with van der Waals surface area (Å²) in [6.07, 6.45) is 1.86. The van der Waals surface area contributed by atoms with Crippen molar-refractivity contribution in [2.75, 3.05) is 5.73 Å². The molecule has 0 saturated carbocycles. The number of thiazole rings is 1.